The molecule has 0 bridgehead atoms. The number of nitriles is 1. The van der Waals surface area contributed by atoms with E-state index in [2.05, 4.69) is 10.6 Å². The fraction of sp³-hybridized carbons (Fsp3) is 0.158. The van der Waals surface area contributed by atoms with Gasteiger partial charge in [0, 0.05) is 18.4 Å². The molecule has 0 aliphatic heterocycles. The number of aromatic hydroxyl groups is 1. The number of carbonyl (C=O) groups excluding carboxylic acids is 1. The molecular formula is C19H19N3O3. The third-order valence-corrected chi connectivity index (χ3v) is 3.45. The van der Waals surface area contributed by atoms with Gasteiger partial charge in [0.1, 0.15) is 23.1 Å². The van der Waals surface area contributed by atoms with Crippen LogP contribution < -0.4 is 15.4 Å². The number of carbonyl (C=O) groups is 1. The van der Waals surface area contributed by atoms with Gasteiger partial charge in [0.2, 0.25) is 0 Å². The van der Waals surface area contributed by atoms with Gasteiger partial charge in [-0.25, -0.2) is 0 Å². The number of amides is 1. The van der Waals surface area contributed by atoms with Crippen LogP contribution in [0.2, 0.25) is 0 Å². The monoisotopic (exact) mass is 337 g/mol. The molecule has 25 heavy (non-hydrogen) atoms. The molecule has 0 spiro atoms. The number of nitrogens with zero attached hydrogens (tertiary/aromatic N) is 1. The second-order valence-electron chi connectivity index (χ2n) is 5.22. The molecule has 2 aromatic rings. The number of benzene rings is 2. The van der Waals surface area contributed by atoms with Crippen molar-refractivity contribution in [1.29, 1.82) is 5.26 Å². The van der Waals surface area contributed by atoms with Crippen LogP contribution >= 0.6 is 0 Å². The van der Waals surface area contributed by atoms with E-state index >= 15 is 0 Å². The highest BCUT2D eigenvalue weighted by molar-refractivity contribution is 6.06. The summed E-state index contributed by atoms with van der Waals surface area (Å²) in [4.78, 5) is 12.0. The van der Waals surface area contributed by atoms with Gasteiger partial charge in [-0.15, -0.1) is 0 Å². The van der Waals surface area contributed by atoms with Crippen LogP contribution in [0, 0.1) is 11.3 Å². The topological polar surface area (TPSA) is 94.4 Å². The summed E-state index contributed by atoms with van der Waals surface area (Å²) in [7, 11) is 1.62. The van der Waals surface area contributed by atoms with Crippen LogP contribution in [0.5, 0.6) is 11.5 Å². The van der Waals surface area contributed by atoms with Crippen LogP contribution in [-0.4, -0.2) is 24.7 Å². The molecule has 3 N–H and O–H groups in total. The summed E-state index contributed by atoms with van der Waals surface area (Å²) in [6.45, 7) is 0.587. The van der Waals surface area contributed by atoms with Crippen LogP contribution in [0.3, 0.4) is 0 Å². The molecule has 0 unspecified atom stereocenters. The zero-order chi connectivity index (χ0) is 18.1. The zero-order valence-electron chi connectivity index (χ0n) is 13.8. The molecule has 0 aliphatic carbocycles. The minimum absolute atomic E-state index is 0.0252. The van der Waals surface area contributed by atoms with Crippen molar-refractivity contribution in [3.8, 4) is 17.6 Å². The van der Waals surface area contributed by atoms with E-state index < -0.39 is 5.91 Å². The van der Waals surface area contributed by atoms with E-state index in [1.807, 2.05) is 30.3 Å². The number of hydrogen-bond donors (Lipinski definition) is 3. The average molecular weight is 337 g/mol. The molecule has 2 rings (SSSR count). The Morgan fingerprint density at radius 1 is 1.20 bits per heavy atom. The lowest BCUT2D eigenvalue weighted by atomic mass is 10.1. The van der Waals surface area contributed by atoms with Gasteiger partial charge in [-0.1, -0.05) is 12.1 Å². The minimum Gasteiger partial charge on any atom is -0.508 e. The van der Waals surface area contributed by atoms with E-state index in [1.54, 1.807) is 19.2 Å². The zero-order valence-corrected chi connectivity index (χ0v) is 13.8. The van der Waals surface area contributed by atoms with Gasteiger partial charge < -0.3 is 20.5 Å². The lowest BCUT2D eigenvalue weighted by molar-refractivity contribution is -0.112. The van der Waals surface area contributed by atoms with E-state index in [0.29, 0.717) is 12.2 Å². The summed E-state index contributed by atoms with van der Waals surface area (Å²) in [6.07, 6.45) is 2.15. The molecule has 0 radical (unpaired) electrons. The van der Waals surface area contributed by atoms with Crippen molar-refractivity contribution in [3.63, 3.8) is 0 Å². The maximum atomic E-state index is 12.0. The first-order valence-corrected chi connectivity index (χ1v) is 7.69. The summed E-state index contributed by atoms with van der Waals surface area (Å²) < 4.78 is 5.10. The van der Waals surface area contributed by atoms with E-state index in [0.717, 1.165) is 17.7 Å². The number of hydrogen-bond acceptors (Lipinski definition) is 5. The molecule has 0 saturated heterocycles. The molecule has 0 aromatic heterocycles. The highest BCUT2D eigenvalue weighted by Gasteiger charge is 2.09. The normalized spacial score (nSPS) is 10.6. The Labute approximate surface area is 146 Å². The van der Waals surface area contributed by atoms with Crippen LogP contribution in [0.25, 0.3) is 0 Å². The lowest BCUT2D eigenvalue weighted by Crippen LogP contribution is -2.17. The molecule has 0 aliphatic rings. The maximum Gasteiger partial charge on any atom is 0.267 e. The number of phenolic OH excluding ortho intramolecular Hbond substituents is 1. The highest BCUT2D eigenvalue weighted by Crippen LogP contribution is 2.14. The fourth-order valence-corrected chi connectivity index (χ4v) is 2.07. The van der Waals surface area contributed by atoms with Crippen LogP contribution in [-0.2, 0) is 11.2 Å². The molecule has 0 heterocycles. The molecule has 0 saturated carbocycles. The summed E-state index contributed by atoms with van der Waals surface area (Å²) in [6, 6.07) is 15.6. The molecular weight excluding hydrogens is 318 g/mol. The van der Waals surface area contributed by atoms with E-state index in [1.165, 1.54) is 18.3 Å². The number of rotatable bonds is 7. The van der Waals surface area contributed by atoms with Crippen LogP contribution in [0.4, 0.5) is 5.69 Å². The number of nitrogens with one attached hydrogen (secondary N) is 2. The average Bonchev–Trinajstić information content (AvgIpc) is 2.64. The summed E-state index contributed by atoms with van der Waals surface area (Å²) >= 11 is 0. The minimum atomic E-state index is -0.509. The molecule has 6 heteroatoms. The Morgan fingerprint density at radius 3 is 2.48 bits per heavy atom. The first-order valence-electron chi connectivity index (χ1n) is 7.69. The number of ether oxygens (including phenoxy) is 1. The first kappa shape index (κ1) is 17.9. The molecule has 0 fully saturated rings. The third kappa shape index (κ3) is 5.59. The summed E-state index contributed by atoms with van der Waals surface area (Å²) in [5.41, 5.74) is 1.60. The second-order valence-corrected chi connectivity index (χ2v) is 5.22. The summed E-state index contributed by atoms with van der Waals surface area (Å²) in [5.74, 6) is 0.397. The van der Waals surface area contributed by atoms with Crippen molar-refractivity contribution in [2.75, 3.05) is 19.0 Å². The Balaban J connectivity index is 1.85. The predicted octanol–water partition coefficient (Wildman–Crippen LogP) is 2.58. The largest absolute Gasteiger partial charge is 0.508 e. The predicted molar refractivity (Wildman–Crippen MR) is 95.1 cm³/mol. The summed E-state index contributed by atoms with van der Waals surface area (Å²) in [5, 5.41) is 23.9. The first-order chi connectivity index (χ1) is 12.1. The smallest absolute Gasteiger partial charge is 0.267 e. The molecule has 6 nitrogen and oxygen atoms in total. The van der Waals surface area contributed by atoms with Crippen molar-refractivity contribution in [2.24, 2.45) is 0 Å². The van der Waals surface area contributed by atoms with Gasteiger partial charge in [-0.05, 0) is 48.4 Å². The molecule has 2 aromatic carbocycles. The van der Waals surface area contributed by atoms with Crippen molar-refractivity contribution >= 4 is 11.6 Å². The van der Waals surface area contributed by atoms with Gasteiger partial charge in [0.05, 0.1) is 7.11 Å². The number of methoxy groups -OCH3 is 1. The Hall–Kier alpha value is -3.46. The van der Waals surface area contributed by atoms with Gasteiger partial charge in [0.25, 0.3) is 5.91 Å². The molecule has 128 valence electrons. The SMILES string of the molecule is COc1ccc(CCN/C=C(/C#N)C(=O)Nc2ccc(O)cc2)cc1. The Bertz CT molecular complexity index is 775. The number of phenols is 1. The number of anilines is 1. The fourth-order valence-electron chi connectivity index (χ4n) is 2.07. The van der Waals surface area contributed by atoms with Gasteiger partial charge >= 0.3 is 0 Å². The van der Waals surface area contributed by atoms with Crippen molar-refractivity contribution in [2.45, 2.75) is 6.42 Å². The van der Waals surface area contributed by atoms with Gasteiger partial charge in [-0.2, -0.15) is 5.26 Å². The molecule has 0 atom stereocenters. The maximum absolute atomic E-state index is 12.0. The second kappa shape index (κ2) is 8.99. The Kier molecular flexibility index (Phi) is 6.43. The standard InChI is InChI=1S/C19H19N3O3/c1-25-18-8-2-14(3-9-18)10-11-21-13-15(12-20)19(24)22-16-4-6-17(23)7-5-16/h2-9,13,21,23H,10-11H2,1H3,(H,22,24)/b15-13-. The van der Waals surface area contributed by atoms with Gasteiger partial charge in [0.15, 0.2) is 0 Å². The van der Waals surface area contributed by atoms with Crippen molar-refractivity contribution in [1.82, 2.24) is 5.32 Å². The van der Waals surface area contributed by atoms with Crippen molar-refractivity contribution in [3.05, 3.63) is 65.9 Å². The Morgan fingerprint density at radius 2 is 1.88 bits per heavy atom. The third-order valence-electron chi connectivity index (χ3n) is 3.45. The van der Waals surface area contributed by atoms with E-state index in [-0.39, 0.29) is 11.3 Å². The highest BCUT2D eigenvalue weighted by atomic mass is 16.5. The van der Waals surface area contributed by atoms with Crippen LogP contribution in [0.1, 0.15) is 5.56 Å². The van der Waals surface area contributed by atoms with E-state index in [4.69, 9.17) is 10.00 Å². The van der Waals surface area contributed by atoms with E-state index in [9.17, 15) is 9.90 Å². The molecule has 1 amide bonds. The van der Waals surface area contributed by atoms with Crippen molar-refractivity contribution < 1.29 is 14.6 Å². The van der Waals surface area contributed by atoms with Crippen LogP contribution in [0.15, 0.2) is 60.3 Å². The lowest BCUT2D eigenvalue weighted by Gasteiger charge is -2.06. The quantitative estimate of drug-likeness (QED) is 0.312. The van der Waals surface area contributed by atoms with Gasteiger partial charge in [-0.3, -0.25) is 4.79 Å².